The van der Waals surface area contributed by atoms with Gasteiger partial charge in [-0.3, -0.25) is 9.59 Å². The van der Waals surface area contributed by atoms with Crippen molar-refractivity contribution < 1.29 is 27.5 Å². The molecule has 2 aromatic carbocycles. The quantitative estimate of drug-likeness (QED) is 0.448. The molecule has 0 radical (unpaired) electrons. The summed E-state index contributed by atoms with van der Waals surface area (Å²) in [6, 6.07) is 11.8. The summed E-state index contributed by atoms with van der Waals surface area (Å²) in [5, 5.41) is 3.14. The van der Waals surface area contributed by atoms with Gasteiger partial charge in [-0.1, -0.05) is 0 Å². The summed E-state index contributed by atoms with van der Waals surface area (Å²) < 4.78 is 34.2. The van der Waals surface area contributed by atoms with Crippen LogP contribution in [0.4, 0.5) is 11.4 Å². The third-order valence-electron chi connectivity index (χ3n) is 5.02. The Labute approximate surface area is 181 Å². The van der Waals surface area contributed by atoms with Crippen LogP contribution in [0.5, 0.6) is 5.75 Å². The molecule has 0 bridgehead atoms. The molecule has 1 saturated heterocycles. The monoisotopic (exact) mass is 446 g/mol. The van der Waals surface area contributed by atoms with Crippen molar-refractivity contribution in [3.63, 3.8) is 0 Å². The molecule has 0 aromatic heterocycles. The van der Waals surface area contributed by atoms with E-state index >= 15 is 0 Å². The van der Waals surface area contributed by atoms with E-state index in [0.29, 0.717) is 48.6 Å². The zero-order valence-corrected chi connectivity index (χ0v) is 18.1. The highest BCUT2D eigenvalue weighted by atomic mass is 32.2. The average molecular weight is 447 g/mol. The van der Waals surface area contributed by atoms with Crippen LogP contribution in [0.25, 0.3) is 0 Å². The van der Waals surface area contributed by atoms with E-state index in [1.54, 1.807) is 36.4 Å². The molecule has 0 saturated carbocycles. The van der Waals surface area contributed by atoms with Gasteiger partial charge in [0.05, 0.1) is 29.9 Å². The molecule has 0 unspecified atom stereocenters. The molecule has 2 aromatic rings. The lowest BCUT2D eigenvalue weighted by Gasteiger charge is -2.22. The fourth-order valence-electron chi connectivity index (χ4n) is 3.31. The number of ketones is 1. The summed E-state index contributed by atoms with van der Waals surface area (Å²) in [7, 11) is -2.89. The van der Waals surface area contributed by atoms with Crippen molar-refractivity contribution in [2.24, 2.45) is 5.73 Å². The van der Waals surface area contributed by atoms with E-state index in [4.69, 9.17) is 15.2 Å². The molecule has 31 heavy (non-hydrogen) atoms. The van der Waals surface area contributed by atoms with Gasteiger partial charge in [0.1, 0.15) is 12.4 Å². The number of ether oxygens (including phenoxy) is 2. The number of carbonyl (C=O) groups excluding carboxylic acids is 2. The molecular weight excluding hydrogens is 420 g/mol. The van der Waals surface area contributed by atoms with Crippen molar-refractivity contribution >= 4 is 32.9 Å². The lowest BCUT2D eigenvalue weighted by atomic mass is 10.1. The number of hydrogen-bond acceptors (Lipinski definition) is 7. The summed E-state index contributed by atoms with van der Waals surface area (Å²) in [6.07, 6.45) is 1.02. The second kappa shape index (κ2) is 9.93. The number of nitrogens with two attached hydrogens (primary N) is 1. The SMILES string of the molecule is CC(=O)c1ccc(C(N)=O)cc1Nc1ccc(OCCOC2CCS(=O)(=O)CC2)cc1. The summed E-state index contributed by atoms with van der Waals surface area (Å²) in [5.74, 6) is 0.313. The first-order valence-corrected chi connectivity index (χ1v) is 11.8. The number of sulfone groups is 1. The molecule has 9 heteroatoms. The largest absolute Gasteiger partial charge is 0.491 e. The van der Waals surface area contributed by atoms with Crippen molar-refractivity contribution in [2.75, 3.05) is 30.0 Å². The van der Waals surface area contributed by atoms with Gasteiger partial charge in [0.2, 0.25) is 5.91 Å². The number of primary amides is 1. The lowest BCUT2D eigenvalue weighted by Crippen LogP contribution is -2.29. The van der Waals surface area contributed by atoms with Crippen LogP contribution in [0.15, 0.2) is 42.5 Å². The summed E-state index contributed by atoms with van der Waals surface area (Å²) in [5.41, 5.74) is 7.32. The van der Waals surface area contributed by atoms with Crippen LogP contribution < -0.4 is 15.8 Å². The summed E-state index contributed by atoms with van der Waals surface area (Å²) in [4.78, 5) is 23.3. The van der Waals surface area contributed by atoms with E-state index in [9.17, 15) is 18.0 Å². The Morgan fingerprint density at radius 2 is 1.74 bits per heavy atom. The predicted molar refractivity (Wildman–Crippen MR) is 118 cm³/mol. The highest BCUT2D eigenvalue weighted by Gasteiger charge is 2.23. The number of Topliss-reactive ketones (excluding diaryl/α,β-unsaturated/α-hetero) is 1. The zero-order valence-electron chi connectivity index (χ0n) is 17.3. The maximum absolute atomic E-state index is 11.9. The highest BCUT2D eigenvalue weighted by molar-refractivity contribution is 7.91. The van der Waals surface area contributed by atoms with Crippen LogP contribution in [0.1, 0.15) is 40.5 Å². The van der Waals surface area contributed by atoms with E-state index in [-0.39, 0.29) is 23.4 Å². The van der Waals surface area contributed by atoms with Crippen LogP contribution in [0.3, 0.4) is 0 Å². The number of hydrogen-bond donors (Lipinski definition) is 2. The predicted octanol–water partition coefficient (Wildman–Crippen LogP) is 2.70. The molecule has 8 nitrogen and oxygen atoms in total. The fraction of sp³-hybridized carbons (Fsp3) is 0.364. The van der Waals surface area contributed by atoms with Crippen LogP contribution >= 0.6 is 0 Å². The average Bonchev–Trinajstić information content (AvgIpc) is 2.73. The van der Waals surface area contributed by atoms with E-state index in [1.807, 2.05) is 0 Å². The van der Waals surface area contributed by atoms with Gasteiger partial charge >= 0.3 is 0 Å². The third-order valence-corrected chi connectivity index (χ3v) is 6.74. The molecule has 1 fully saturated rings. The molecule has 166 valence electrons. The highest BCUT2D eigenvalue weighted by Crippen LogP contribution is 2.25. The molecule has 1 amide bonds. The number of amides is 1. The van der Waals surface area contributed by atoms with Crippen LogP contribution in [0.2, 0.25) is 0 Å². The maximum Gasteiger partial charge on any atom is 0.248 e. The van der Waals surface area contributed by atoms with Gasteiger partial charge in [0, 0.05) is 16.8 Å². The molecule has 1 heterocycles. The van der Waals surface area contributed by atoms with Crippen LogP contribution in [0, 0.1) is 0 Å². The van der Waals surface area contributed by atoms with Crippen molar-refractivity contribution in [1.29, 1.82) is 0 Å². The summed E-state index contributed by atoms with van der Waals surface area (Å²) in [6.45, 7) is 2.19. The maximum atomic E-state index is 11.9. The molecule has 0 aliphatic carbocycles. The number of nitrogens with one attached hydrogen (secondary N) is 1. The Kier molecular flexibility index (Phi) is 7.29. The van der Waals surface area contributed by atoms with Crippen molar-refractivity contribution in [3.05, 3.63) is 53.6 Å². The second-order valence-electron chi connectivity index (χ2n) is 7.40. The zero-order chi connectivity index (χ0) is 22.4. The van der Waals surface area contributed by atoms with E-state index < -0.39 is 15.7 Å². The first-order valence-electron chi connectivity index (χ1n) is 10.0. The van der Waals surface area contributed by atoms with Crippen LogP contribution in [-0.4, -0.2) is 50.9 Å². The Morgan fingerprint density at radius 3 is 2.35 bits per heavy atom. The van der Waals surface area contributed by atoms with E-state index in [1.165, 1.54) is 13.0 Å². The van der Waals surface area contributed by atoms with E-state index in [0.717, 1.165) is 5.69 Å². The van der Waals surface area contributed by atoms with Gasteiger partial charge in [0.15, 0.2) is 15.6 Å². The second-order valence-corrected chi connectivity index (χ2v) is 9.70. The van der Waals surface area contributed by atoms with Gasteiger partial charge in [-0.2, -0.15) is 0 Å². The van der Waals surface area contributed by atoms with Gasteiger partial charge in [0.25, 0.3) is 0 Å². The van der Waals surface area contributed by atoms with Gasteiger partial charge < -0.3 is 20.5 Å². The van der Waals surface area contributed by atoms with Crippen LogP contribution in [-0.2, 0) is 14.6 Å². The molecule has 3 N–H and O–H groups in total. The first kappa shape index (κ1) is 22.8. The minimum absolute atomic E-state index is 0.0367. The first-order chi connectivity index (χ1) is 14.7. The number of rotatable bonds is 9. The van der Waals surface area contributed by atoms with Gasteiger partial charge in [-0.15, -0.1) is 0 Å². The smallest absolute Gasteiger partial charge is 0.248 e. The fourth-order valence-corrected chi connectivity index (χ4v) is 4.76. The number of anilines is 2. The minimum Gasteiger partial charge on any atom is -0.491 e. The number of carbonyl (C=O) groups is 2. The summed E-state index contributed by atoms with van der Waals surface area (Å²) >= 11 is 0. The number of benzene rings is 2. The molecule has 0 spiro atoms. The molecular formula is C22H26N2O6S. The van der Waals surface area contributed by atoms with Crippen molar-refractivity contribution in [2.45, 2.75) is 25.9 Å². The standard InChI is InChI=1S/C22H26N2O6S/c1-15(25)20-7-2-16(22(23)26)14-21(20)24-17-3-5-18(6-4-17)29-10-11-30-19-8-12-31(27,28)13-9-19/h2-7,14,19,24H,8-13H2,1H3,(H2,23,26). The third kappa shape index (κ3) is 6.53. The topological polar surface area (TPSA) is 125 Å². The van der Waals surface area contributed by atoms with Gasteiger partial charge in [-0.05, 0) is 62.2 Å². The Morgan fingerprint density at radius 1 is 1.06 bits per heavy atom. The Hall–Kier alpha value is -2.91. The Balaban J connectivity index is 1.52. The van der Waals surface area contributed by atoms with E-state index in [2.05, 4.69) is 5.32 Å². The normalized spacial score (nSPS) is 15.9. The van der Waals surface area contributed by atoms with Crippen molar-refractivity contribution in [3.8, 4) is 5.75 Å². The minimum atomic E-state index is -2.89. The lowest BCUT2D eigenvalue weighted by molar-refractivity contribution is 0.0285. The molecule has 1 aliphatic rings. The molecule has 3 rings (SSSR count). The van der Waals surface area contributed by atoms with Crippen molar-refractivity contribution in [1.82, 2.24) is 0 Å². The van der Waals surface area contributed by atoms with Gasteiger partial charge in [-0.25, -0.2) is 8.42 Å². The Bertz CT molecular complexity index is 1040. The molecule has 0 atom stereocenters. The molecule has 1 aliphatic heterocycles.